The average molecular weight is 433 g/mol. The molecule has 3 aromatic rings. The molecule has 2 aliphatic rings. The predicted octanol–water partition coefficient (Wildman–Crippen LogP) is 4.03. The van der Waals surface area contributed by atoms with Crippen molar-refractivity contribution in [1.29, 1.82) is 0 Å². The Hall–Kier alpha value is -3.36. The van der Waals surface area contributed by atoms with Gasteiger partial charge in [0.2, 0.25) is 5.91 Å². The van der Waals surface area contributed by atoms with E-state index in [9.17, 15) is 19.7 Å². The van der Waals surface area contributed by atoms with E-state index in [1.165, 1.54) is 23.5 Å². The molecule has 0 aliphatic carbocycles. The van der Waals surface area contributed by atoms with Crippen molar-refractivity contribution in [1.82, 2.24) is 4.90 Å². The molecule has 1 saturated heterocycles. The highest BCUT2D eigenvalue weighted by atomic mass is 32.1. The summed E-state index contributed by atoms with van der Waals surface area (Å²) in [7, 11) is 1.86. The first kappa shape index (κ1) is 19.6. The number of nitro benzene ring substituents is 1. The van der Waals surface area contributed by atoms with Crippen LogP contribution in [0.2, 0.25) is 0 Å². The second-order valence-electron chi connectivity index (χ2n) is 7.92. The molecule has 2 aromatic carbocycles. The van der Waals surface area contributed by atoms with Gasteiger partial charge in [-0.05, 0) is 30.1 Å². The maximum atomic E-state index is 13.8. The molecule has 0 radical (unpaired) electrons. The van der Waals surface area contributed by atoms with Crippen LogP contribution >= 0.6 is 11.3 Å². The van der Waals surface area contributed by atoms with Crippen LogP contribution in [-0.4, -0.2) is 35.1 Å². The minimum atomic E-state index is -1.13. The molecule has 7 nitrogen and oxygen atoms in total. The monoisotopic (exact) mass is 433 g/mol. The van der Waals surface area contributed by atoms with Gasteiger partial charge >= 0.3 is 0 Å². The van der Waals surface area contributed by atoms with E-state index in [0.717, 1.165) is 11.1 Å². The van der Waals surface area contributed by atoms with Gasteiger partial charge in [-0.3, -0.25) is 24.6 Å². The maximum Gasteiger partial charge on any atom is 0.269 e. The van der Waals surface area contributed by atoms with Crippen molar-refractivity contribution in [3.8, 4) is 0 Å². The van der Waals surface area contributed by atoms with Gasteiger partial charge in [0.15, 0.2) is 5.78 Å². The third-order valence-electron chi connectivity index (χ3n) is 6.44. The fraction of sp³-hybridized carbons (Fsp3) is 0.217. The van der Waals surface area contributed by atoms with Crippen LogP contribution in [0, 0.1) is 16.0 Å². The minimum Gasteiger partial charge on any atom is -0.324 e. The normalized spacial score (nSPS) is 24.9. The lowest BCUT2D eigenvalue weighted by molar-refractivity contribution is -0.384. The van der Waals surface area contributed by atoms with E-state index in [2.05, 4.69) is 5.32 Å². The highest BCUT2D eigenvalue weighted by Gasteiger charge is 2.64. The highest BCUT2D eigenvalue weighted by molar-refractivity contribution is 7.12. The standard InChI is InChI=1S/C23H19N3O4S/c1-25-13-16(14-8-10-15(11-9-14)26(29)30)20(21(27)19-7-4-12-31-19)23(25)17-5-2-3-6-18(17)24-22(23)28/h2-12,16,20H,13H2,1H3,(H,24,28)/t16-,20-,23-/m1/s1. The molecule has 0 unspecified atom stereocenters. The molecule has 156 valence electrons. The fourth-order valence-corrected chi connectivity index (χ4v) is 5.81. The molecular weight excluding hydrogens is 414 g/mol. The number of fused-ring (bicyclic) bond motifs is 2. The van der Waals surface area contributed by atoms with Gasteiger partial charge in [-0.25, -0.2) is 0 Å². The number of amides is 1. The number of carbonyl (C=O) groups is 2. The molecule has 8 heteroatoms. The van der Waals surface area contributed by atoms with E-state index >= 15 is 0 Å². The fourth-order valence-electron chi connectivity index (χ4n) is 5.11. The molecule has 3 heterocycles. The molecule has 3 atom stereocenters. The number of rotatable bonds is 4. The second-order valence-corrected chi connectivity index (χ2v) is 8.87. The van der Waals surface area contributed by atoms with Gasteiger partial charge in [-0.15, -0.1) is 11.3 Å². The Bertz CT molecular complexity index is 1190. The summed E-state index contributed by atoms with van der Waals surface area (Å²) in [5.74, 6) is -1.26. The smallest absolute Gasteiger partial charge is 0.269 e. The summed E-state index contributed by atoms with van der Waals surface area (Å²) in [4.78, 5) is 40.5. The molecule has 1 N–H and O–H groups in total. The lowest BCUT2D eigenvalue weighted by Crippen LogP contribution is -2.51. The van der Waals surface area contributed by atoms with Crippen molar-refractivity contribution in [3.63, 3.8) is 0 Å². The number of benzene rings is 2. The maximum absolute atomic E-state index is 13.8. The lowest BCUT2D eigenvalue weighted by atomic mass is 9.71. The first-order valence-corrected chi connectivity index (χ1v) is 10.8. The quantitative estimate of drug-likeness (QED) is 0.381. The first-order chi connectivity index (χ1) is 14.9. The average Bonchev–Trinajstić information content (AvgIpc) is 3.47. The van der Waals surface area contributed by atoms with Crippen LogP contribution in [0.4, 0.5) is 11.4 Å². The summed E-state index contributed by atoms with van der Waals surface area (Å²) in [5.41, 5.74) is 1.18. The van der Waals surface area contributed by atoms with Crippen LogP contribution in [0.25, 0.3) is 0 Å². The van der Waals surface area contributed by atoms with Crippen LogP contribution in [0.1, 0.15) is 26.7 Å². The largest absolute Gasteiger partial charge is 0.324 e. The number of likely N-dealkylation sites (N-methyl/N-ethyl adjacent to an activating group) is 1. The Balaban J connectivity index is 1.69. The van der Waals surface area contributed by atoms with Crippen molar-refractivity contribution in [2.75, 3.05) is 18.9 Å². The van der Waals surface area contributed by atoms with Crippen LogP contribution in [0.5, 0.6) is 0 Å². The third-order valence-corrected chi connectivity index (χ3v) is 7.32. The van der Waals surface area contributed by atoms with E-state index in [0.29, 0.717) is 17.1 Å². The zero-order valence-electron chi connectivity index (χ0n) is 16.6. The topological polar surface area (TPSA) is 92.5 Å². The van der Waals surface area contributed by atoms with Crippen molar-refractivity contribution in [3.05, 3.63) is 92.2 Å². The molecule has 0 saturated carbocycles. The van der Waals surface area contributed by atoms with Gasteiger partial charge in [0.25, 0.3) is 5.69 Å². The number of carbonyl (C=O) groups excluding carboxylic acids is 2. The first-order valence-electron chi connectivity index (χ1n) is 9.89. The summed E-state index contributed by atoms with van der Waals surface area (Å²) in [5, 5.41) is 15.9. The number of hydrogen-bond donors (Lipinski definition) is 1. The summed E-state index contributed by atoms with van der Waals surface area (Å²) in [6.07, 6.45) is 0. The number of non-ortho nitro benzene ring substituents is 1. The molecular formula is C23H19N3O4S. The Morgan fingerprint density at radius 1 is 1.16 bits per heavy atom. The number of ketones is 1. The Kier molecular flexibility index (Phi) is 4.49. The summed E-state index contributed by atoms with van der Waals surface area (Å²) < 4.78 is 0. The van der Waals surface area contributed by atoms with E-state index in [-0.39, 0.29) is 23.3 Å². The number of nitrogens with zero attached hydrogens (tertiary/aromatic N) is 2. The van der Waals surface area contributed by atoms with Crippen LogP contribution in [0.3, 0.4) is 0 Å². The van der Waals surface area contributed by atoms with Crippen molar-refractivity contribution >= 4 is 34.4 Å². The van der Waals surface area contributed by atoms with Crippen molar-refractivity contribution < 1.29 is 14.5 Å². The minimum absolute atomic E-state index is 0.00472. The summed E-state index contributed by atoms with van der Waals surface area (Å²) in [6, 6.07) is 17.4. The van der Waals surface area contributed by atoms with Gasteiger partial charge in [-0.1, -0.05) is 36.4 Å². The van der Waals surface area contributed by atoms with E-state index < -0.39 is 16.4 Å². The molecule has 1 spiro atoms. The number of thiophene rings is 1. The molecule has 31 heavy (non-hydrogen) atoms. The molecule has 1 fully saturated rings. The number of anilines is 1. The zero-order valence-corrected chi connectivity index (χ0v) is 17.5. The van der Waals surface area contributed by atoms with Crippen molar-refractivity contribution in [2.45, 2.75) is 11.5 Å². The van der Waals surface area contributed by atoms with Gasteiger partial charge in [0.05, 0.1) is 15.7 Å². The molecule has 0 bridgehead atoms. The van der Waals surface area contributed by atoms with E-state index in [1.54, 1.807) is 18.2 Å². The van der Waals surface area contributed by atoms with Gasteiger partial charge in [-0.2, -0.15) is 0 Å². The van der Waals surface area contributed by atoms with Crippen LogP contribution in [0.15, 0.2) is 66.0 Å². The number of nitro groups is 1. The molecule has 1 aromatic heterocycles. The zero-order chi connectivity index (χ0) is 21.8. The van der Waals surface area contributed by atoms with Gasteiger partial charge in [0, 0.05) is 35.8 Å². The molecule has 2 aliphatic heterocycles. The van der Waals surface area contributed by atoms with E-state index in [1.807, 2.05) is 47.7 Å². The van der Waals surface area contributed by atoms with Gasteiger partial charge < -0.3 is 5.32 Å². The number of nitrogens with one attached hydrogen (secondary N) is 1. The van der Waals surface area contributed by atoms with Crippen LogP contribution in [-0.2, 0) is 10.3 Å². The van der Waals surface area contributed by atoms with Crippen LogP contribution < -0.4 is 5.32 Å². The summed E-state index contributed by atoms with van der Waals surface area (Å²) in [6.45, 7) is 0.474. The Morgan fingerprint density at radius 3 is 2.58 bits per heavy atom. The summed E-state index contributed by atoms with van der Waals surface area (Å²) >= 11 is 1.36. The predicted molar refractivity (Wildman–Crippen MR) is 117 cm³/mol. The number of likely N-dealkylation sites (tertiary alicyclic amines) is 1. The molecule has 5 rings (SSSR count). The third kappa shape index (κ3) is 2.75. The van der Waals surface area contributed by atoms with Crippen molar-refractivity contribution in [2.24, 2.45) is 5.92 Å². The number of para-hydroxylation sites is 1. The number of hydrogen-bond acceptors (Lipinski definition) is 6. The number of Topliss-reactive ketones (excluding diaryl/α,β-unsaturated/α-hetero) is 1. The van der Waals surface area contributed by atoms with Gasteiger partial charge in [0.1, 0.15) is 5.54 Å². The Labute approximate surface area is 182 Å². The van der Waals surface area contributed by atoms with E-state index in [4.69, 9.17) is 0 Å². The molecule has 1 amide bonds. The highest BCUT2D eigenvalue weighted by Crippen LogP contribution is 2.55. The Morgan fingerprint density at radius 2 is 1.90 bits per heavy atom. The lowest BCUT2D eigenvalue weighted by Gasteiger charge is -2.35. The SMILES string of the molecule is CN1C[C@H](c2ccc([N+](=O)[O-])cc2)[C@H](C(=O)c2cccs2)[C@]12C(=O)Nc1ccccc12. The second kappa shape index (κ2) is 7.11.